The molecule has 0 aliphatic rings. The molecule has 0 aliphatic heterocycles. The molecular formula is C18H18N2. The van der Waals surface area contributed by atoms with E-state index < -0.39 is 0 Å². The van der Waals surface area contributed by atoms with Crippen molar-refractivity contribution in [2.24, 2.45) is 0 Å². The zero-order chi connectivity index (χ0) is 13.8. The number of hydrogen-bond acceptors (Lipinski definition) is 2. The number of nitrogens with one attached hydrogen (secondary N) is 1. The normalized spacial score (nSPS) is 10.8. The first-order valence-corrected chi connectivity index (χ1v) is 6.92. The fourth-order valence-corrected chi connectivity index (χ4v) is 2.38. The maximum atomic E-state index is 4.34. The minimum Gasteiger partial charge on any atom is -0.309 e. The quantitative estimate of drug-likeness (QED) is 0.773. The van der Waals surface area contributed by atoms with Crippen LogP contribution in [0.2, 0.25) is 0 Å². The summed E-state index contributed by atoms with van der Waals surface area (Å²) in [5, 5.41) is 4.70. The molecule has 0 bridgehead atoms. The van der Waals surface area contributed by atoms with Gasteiger partial charge in [-0.2, -0.15) is 0 Å². The Bertz CT molecular complexity index is 719. The Labute approximate surface area is 119 Å². The van der Waals surface area contributed by atoms with Gasteiger partial charge in [0.1, 0.15) is 0 Å². The standard InChI is InChI=1S/C18H18N2/c1-14-5-2-3-6-17(14)13-19-12-15-8-9-18-16(11-15)7-4-10-20-18/h2-11,19H,12-13H2,1H3. The van der Waals surface area contributed by atoms with Crippen molar-refractivity contribution in [1.29, 1.82) is 0 Å². The molecule has 0 saturated heterocycles. The molecule has 3 rings (SSSR count). The smallest absolute Gasteiger partial charge is 0.0702 e. The predicted molar refractivity (Wildman–Crippen MR) is 83.5 cm³/mol. The lowest BCUT2D eigenvalue weighted by Crippen LogP contribution is -2.13. The summed E-state index contributed by atoms with van der Waals surface area (Å²) in [6, 6.07) is 19.0. The highest BCUT2D eigenvalue weighted by Crippen LogP contribution is 2.13. The Morgan fingerprint density at radius 3 is 2.75 bits per heavy atom. The van der Waals surface area contributed by atoms with E-state index in [9.17, 15) is 0 Å². The second kappa shape index (κ2) is 5.85. The highest BCUT2D eigenvalue weighted by Gasteiger charge is 1.99. The van der Waals surface area contributed by atoms with Gasteiger partial charge in [0.25, 0.3) is 0 Å². The van der Waals surface area contributed by atoms with E-state index in [0.717, 1.165) is 18.6 Å². The first kappa shape index (κ1) is 12.8. The van der Waals surface area contributed by atoms with E-state index in [4.69, 9.17) is 0 Å². The SMILES string of the molecule is Cc1ccccc1CNCc1ccc2ncccc2c1. The van der Waals surface area contributed by atoms with Crippen molar-refractivity contribution < 1.29 is 0 Å². The molecule has 0 unspecified atom stereocenters. The van der Waals surface area contributed by atoms with Crippen LogP contribution in [-0.2, 0) is 13.1 Å². The van der Waals surface area contributed by atoms with Crippen LogP contribution in [0.15, 0.2) is 60.8 Å². The second-order valence-corrected chi connectivity index (χ2v) is 5.06. The molecule has 0 saturated carbocycles. The number of nitrogens with zero attached hydrogens (tertiary/aromatic N) is 1. The van der Waals surface area contributed by atoms with Gasteiger partial charge in [-0.15, -0.1) is 0 Å². The van der Waals surface area contributed by atoms with Crippen LogP contribution in [0.1, 0.15) is 16.7 Å². The summed E-state index contributed by atoms with van der Waals surface area (Å²) >= 11 is 0. The minimum absolute atomic E-state index is 0.874. The van der Waals surface area contributed by atoms with E-state index in [1.807, 2.05) is 12.3 Å². The Hall–Kier alpha value is -2.19. The van der Waals surface area contributed by atoms with Crippen molar-refractivity contribution >= 4 is 10.9 Å². The van der Waals surface area contributed by atoms with Gasteiger partial charge in [-0.3, -0.25) is 4.98 Å². The van der Waals surface area contributed by atoms with E-state index in [-0.39, 0.29) is 0 Å². The van der Waals surface area contributed by atoms with Crippen LogP contribution in [0.3, 0.4) is 0 Å². The number of hydrogen-bond donors (Lipinski definition) is 1. The van der Waals surface area contributed by atoms with Crippen LogP contribution in [0.4, 0.5) is 0 Å². The number of fused-ring (bicyclic) bond motifs is 1. The summed E-state index contributed by atoms with van der Waals surface area (Å²) in [5.41, 5.74) is 5.03. The third kappa shape index (κ3) is 2.86. The number of aromatic nitrogens is 1. The molecular weight excluding hydrogens is 244 g/mol. The van der Waals surface area contributed by atoms with E-state index in [0.29, 0.717) is 0 Å². The summed E-state index contributed by atoms with van der Waals surface area (Å²) in [6.07, 6.45) is 1.83. The zero-order valence-corrected chi connectivity index (χ0v) is 11.6. The summed E-state index contributed by atoms with van der Waals surface area (Å²) in [5.74, 6) is 0. The summed E-state index contributed by atoms with van der Waals surface area (Å²) in [7, 11) is 0. The third-order valence-electron chi connectivity index (χ3n) is 3.57. The Kier molecular flexibility index (Phi) is 3.75. The van der Waals surface area contributed by atoms with Gasteiger partial charge in [-0.05, 0) is 41.8 Å². The maximum absolute atomic E-state index is 4.34. The van der Waals surface area contributed by atoms with Gasteiger partial charge in [0.2, 0.25) is 0 Å². The first-order chi connectivity index (χ1) is 9.83. The van der Waals surface area contributed by atoms with Crippen molar-refractivity contribution in [1.82, 2.24) is 10.3 Å². The Balaban J connectivity index is 1.67. The molecule has 0 atom stereocenters. The fraction of sp³-hybridized carbons (Fsp3) is 0.167. The molecule has 2 nitrogen and oxygen atoms in total. The lowest BCUT2D eigenvalue weighted by Gasteiger charge is -2.08. The molecule has 1 N–H and O–H groups in total. The molecule has 0 radical (unpaired) electrons. The Morgan fingerprint density at radius 2 is 1.85 bits per heavy atom. The summed E-state index contributed by atoms with van der Waals surface area (Å²) in [4.78, 5) is 4.34. The van der Waals surface area contributed by atoms with Crippen molar-refractivity contribution in [2.75, 3.05) is 0 Å². The topological polar surface area (TPSA) is 24.9 Å². The highest BCUT2D eigenvalue weighted by atomic mass is 14.8. The van der Waals surface area contributed by atoms with Gasteiger partial charge in [-0.25, -0.2) is 0 Å². The lowest BCUT2D eigenvalue weighted by molar-refractivity contribution is 0.691. The van der Waals surface area contributed by atoms with Crippen LogP contribution >= 0.6 is 0 Å². The molecule has 0 amide bonds. The van der Waals surface area contributed by atoms with Crippen LogP contribution in [0.25, 0.3) is 10.9 Å². The van der Waals surface area contributed by atoms with Gasteiger partial charge >= 0.3 is 0 Å². The van der Waals surface area contributed by atoms with Crippen LogP contribution in [0, 0.1) is 6.92 Å². The van der Waals surface area contributed by atoms with E-state index in [1.54, 1.807) is 0 Å². The van der Waals surface area contributed by atoms with Crippen molar-refractivity contribution in [3.8, 4) is 0 Å². The molecule has 1 heterocycles. The molecule has 0 fully saturated rings. The van der Waals surface area contributed by atoms with E-state index in [2.05, 4.69) is 65.8 Å². The van der Waals surface area contributed by atoms with E-state index >= 15 is 0 Å². The summed E-state index contributed by atoms with van der Waals surface area (Å²) < 4.78 is 0. The monoisotopic (exact) mass is 262 g/mol. The van der Waals surface area contributed by atoms with Crippen LogP contribution in [0.5, 0.6) is 0 Å². The molecule has 0 aliphatic carbocycles. The number of aryl methyl sites for hydroxylation is 1. The van der Waals surface area contributed by atoms with E-state index in [1.165, 1.54) is 22.1 Å². The maximum Gasteiger partial charge on any atom is 0.0702 e. The molecule has 20 heavy (non-hydrogen) atoms. The van der Waals surface area contributed by atoms with Crippen molar-refractivity contribution in [3.05, 3.63) is 77.5 Å². The fourth-order valence-electron chi connectivity index (χ4n) is 2.38. The molecule has 2 heteroatoms. The predicted octanol–water partition coefficient (Wildman–Crippen LogP) is 3.83. The average Bonchev–Trinajstić information content (AvgIpc) is 2.49. The van der Waals surface area contributed by atoms with Gasteiger partial charge in [0.05, 0.1) is 5.52 Å². The van der Waals surface area contributed by atoms with Gasteiger partial charge in [-0.1, -0.05) is 36.4 Å². The first-order valence-electron chi connectivity index (χ1n) is 6.92. The summed E-state index contributed by atoms with van der Waals surface area (Å²) in [6.45, 7) is 3.93. The number of rotatable bonds is 4. The number of pyridine rings is 1. The van der Waals surface area contributed by atoms with Gasteiger partial charge in [0.15, 0.2) is 0 Å². The molecule has 3 aromatic rings. The third-order valence-corrected chi connectivity index (χ3v) is 3.57. The van der Waals surface area contributed by atoms with Crippen molar-refractivity contribution in [3.63, 3.8) is 0 Å². The molecule has 1 aromatic heterocycles. The van der Waals surface area contributed by atoms with Crippen LogP contribution < -0.4 is 5.32 Å². The van der Waals surface area contributed by atoms with Crippen LogP contribution in [-0.4, -0.2) is 4.98 Å². The van der Waals surface area contributed by atoms with Gasteiger partial charge in [0, 0.05) is 24.7 Å². The minimum atomic E-state index is 0.874. The highest BCUT2D eigenvalue weighted by molar-refractivity contribution is 5.78. The zero-order valence-electron chi connectivity index (χ0n) is 11.6. The molecule has 100 valence electrons. The van der Waals surface area contributed by atoms with Gasteiger partial charge < -0.3 is 5.32 Å². The largest absolute Gasteiger partial charge is 0.309 e. The van der Waals surface area contributed by atoms with Crippen molar-refractivity contribution in [2.45, 2.75) is 20.0 Å². The lowest BCUT2D eigenvalue weighted by atomic mass is 10.1. The molecule has 2 aromatic carbocycles. The molecule has 0 spiro atoms. The Morgan fingerprint density at radius 1 is 0.950 bits per heavy atom. The average molecular weight is 262 g/mol. The number of benzene rings is 2. The second-order valence-electron chi connectivity index (χ2n) is 5.06.